The summed E-state index contributed by atoms with van der Waals surface area (Å²) in [7, 11) is 1.88. The smallest absolute Gasteiger partial charge is 0.205 e. The molecule has 0 aliphatic rings. The van der Waals surface area contributed by atoms with Crippen molar-refractivity contribution in [2.45, 2.75) is 0 Å². The molecule has 5 heteroatoms. The SMILES string of the molecule is Cn1ccnc1N(CCO)CCO. The molecule has 13 heavy (non-hydrogen) atoms. The van der Waals surface area contributed by atoms with E-state index in [4.69, 9.17) is 10.2 Å². The predicted molar refractivity (Wildman–Crippen MR) is 49.6 cm³/mol. The molecule has 0 radical (unpaired) electrons. The quantitative estimate of drug-likeness (QED) is 0.631. The van der Waals surface area contributed by atoms with Gasteiger partial charge in [-0.05, 0) is 0 Å². The van der Waals surface area contributed by atoms with E-state index >= 15 is 0 Å². The van der Waals surface area contributed by atoms with Crippen LogP contribution in [0.4, 0.5) is 5.95 Å². The zero-order valence-electron chi connectivity index (χ0n) is 7.72. The minimum absolute atomic E-state index is 0.0624. The van der Waals surface area contributed by atoms with Crippen LogP contribution in [0.15, 0.2) is 12.4 Å². The highest BCUT2D eigenvalue weighted by atomic mass is 16.3. The summed E-state index contributed by atoms with van der Waals surface area (Å²) in [5.74, 6) is 0.767. The molecule has 1 heterocycles. The third kappa shape index (κ3) is 2.43. The molecular weight excluding hydrogens is 170 g/mol. The largest absolute Gasteiger partial charge is 0.395 e. The van der Waals surface area contributed by atoms with Crippen molar-refractivity contribution in [3.05, 3.63) is 12.4 Å². The van der Waals surface area contributed by atoms with Crippen molar-refractivity contribution < 1.29 is 10.2 Å². The fourth-order valence-corrected chi connectivity index (χ4v) is 1.22. The van der Waals surface area contributed by atoms with E-state index in [1.54, 1.807) is 6.20 Å². The van der Waals surface area contributed by atoms with Crippen LogP contribution in [0.2, 0.25) is 0 Å². The zero-order valence-corrected chi connectivity index (χ0v) is 7.72. The summed E-state index contributed by atoms with van der Waals surface area (Å²) in [5.41, 5.74) is 0. The van der Waals surface area contributed by atoms with Gasteiger partial charge in [0.1, 0.15) is 0 Å². The van der Waals surface area contributed by atoms with Gasteiger partial charge in [0, 0.05) is 32.5 Å². The van der Waals surface area contributed by atoms with Gasteiger partial charge >= 0.3 is 0 Å². The fourth-order valence-electron chi connectivity index (χ4n) is 1.22. The van der Waals surface area contributed by atoms with Crippen LogP contribution in [0.25, 0.3) is 0 Å². The van der Waals surface area contributed by atoms with Crippen LogP contribution in [-0.2, 0) is 7.05 Å². The standard InChI is InChI=1S/C8H15N3O2/c1-10-3-2-9-8(10)11(4-6-12)5-7-13/h2-3,12-13H,4-7H2,1H3. The molecule has 74 valence electrons. The molecule has 0 saturated carbocycles. The Bertz CT molecular complexity index is 243. The summed E-state index contributed by atoms with van der Waals surface area (Å²) in [6.45, 7) is 1.11. The third-order valence-corrected chi connectivity index (χ3v) is 1.82. The molecule has 1 aromatic heterocycles. The van der Waals surface area contributed by atoms with E-state index in [0.717, 1.165) is 5.95 Å². The minimum Gasteiger partial charge on any atom is -0.395 e. The van der Waals surface area contributed by atoms with Gasteiger partial charge in [0.15, 0.2) is 0 Å². The molecule has 0 bridgehead atoms. The Balaban J connectivity index is 2.69. The Kier molecular flexibility index (Phi) is 3.72. The van der Waals surface area contributed by atoms with Gasteiger partial charge < -0.3 is 19.7 Å². The highest BCUT2D eigenvalue weighted by Crippen LogP contribution is 2.08. The van der Waals surface area contributed by atoms with Gasteiger partial charge in [-0.25, -0.2) is 4.98 Å². The molecule has 5 nitrogen and oxygen atoms in total. The lowest BCUT2D eigenvalue weighted by molar-refractivity contribution is 0.279. The summed E-state index contributed by atoms with van der Waals surface area (Å²) < 4.78 is 1.85. The molecule has 0 unspecified atom stereocenters. The van der Waals surface area contributed by atoms with E-state index in [9.17, 15) is 0 Å². The van der Waals surface area contributed by atoms with Gasteiger partial charge in [-0.2, -0.15) is 0 Å². The first-order valence-corrected chi connectivity index (χ1v) is 4.23. The van der Waals surface area contributed by atoms with E-state index in [2.05, 4.69) is 4.98 Å². The number of aliphatic hydroxyl groups excluding tert-OH is 2. The molecular formula is C8H15N3O2. The Morgan fingerprint density at radius 2 is 2.00 bits per heavy atom. The van der Waals surface area contributed by atoms with Crippen molar-refractivity contribution in [2.24, 2.45) is 7.05 Å². The normalized spacial score (nSPS) is 10.4. The van der Waals surface area contributed by atoms with Crippen LogP contribution >= 0.6 is 0 Å². The molecule has 0 aromatic carbocycles. The van der Waals surface area contributed by atoms with Gasteiger partial charge in [0.2, 0.25) is 5.95 Å². The predicted octanol–water partition coefficient (Wildman–Crippen LogP) is -0.789. The van der Waals surface area contributed by atoms with Gasteiger partial charge in [-0.15, -0.1) is 0 Å². The van der Waals surface area contributed by atoms with Crippen molar-refractivity contribution >= 4 is 5.95 Å². The number of aliphatic hydroxyl groups is 2. The number of hydrogen-bond donors (Lipinski definition) is 2. The Hall–Kier alpha value is -1.07. The van der Waals surface area contributed by atoms with Crippen LogP contribution in [-0.4, -0.2) is 46.1 Å². The maximum Gasteiger partial charge on any atom is 0.205 e. The summed E-state index contributed by atoms with van der Waals surface area (Å²) in [4.78, 5) is 5.95. The first-order valence-electron chi connectivity index (χ1n) is 4.23. The lowest BCUT2D eigenvalue weighted by Gasteiger charge is -2.21. The number of imidazole rings is 1. The molecule has 0 spiro atoms. The van der Waals surface area contributed by atoms with Gasteiger partial charge in [0.05, 0.1) is 13.2 Å². The first-order chi connectivity index (χ1) is 6.29. The second-order valence-electron chi connectivity index (χ2n) is 2.77. The van der Waals surface area contributed by atoms with Crippen LogP contribution in [0, 0.1) is 0 Å². The van der Waals surface area contributed by atoms with Crippen molar-refractivity contribution in [3.63, 3.8) is 0 Å². The number of hydrogen-bond acceptors (Lipinski definition) is 4. The van der Waals surface area contributed by atoms with Crippen LogP contribution in [0.5, 0.6) is 0 Å². The maximum atomic E-state index is 8.79. The number of aromatic nitrogens is 2. The van der Waals surface area contributed by atoms with E-state index in [0.29, 0.717) is 13.1 Å². The molecule has 1 rings (SSSR count). The second-order valence-corrected chi connectivity index (χ2v) is 2.77. The number of aryl methyl sites for hydroxylation is 1. The third-order valence-electron chi connectivity index (χ3n) is 1.82. The van der Waals surface area contributed by atoms with Crippen molar-refractivity contribution in [1.29, 1.82) is 0 Å². The average molecular weight is 185 g/mol. The van der Waals surface area contributed by atoms with Gasteiger partial charge in [-0.3, -0.25) is 0 Å². The summed E-state index contributed by atoms with van der Waals surface area (Å²) in [6, 6.07) is 0. The zero-order chi connectivity index (χ0) is 9.68. The first kappa shape index (κ1) is 10.0. The van der Waals surface area contributed by atoms with Crippen molar-refractivity contribution in [2.75, 3.05) is 31.2 Å². The number of nitrogens with zero attached hydrogens (tertiary/aromatic N) is 3. The monoisotopic (exact) mass is 185 g/mol. The number of rotatable bonds is 5. The molecule has 2 N–H and O–H groups in total. The lowest BCUT2D eigenvalue weighted by Crippen LogP contribution is -2.31. The van der Waals surface area contributed by atoms with Crippen LogP contribution in [0.3, 0.4) is 0 Å². The molecule has 0 aliphatic heterocycles. The highest BCUT2D eigenvalue weighted by molar-refractivity contribution is 5.30. The highest BCUT2D eigenvalue weighted by Gasteiger charge is 2.08. The topological polar surface area (TPSA) is 61.5 Å². The van der Waals surface area contributed by atoms with Gasteiger partial charge in [0.25, 0.3) is 0 Å². The minimum atomic E-state index is 0.0624. The summed E-state index contributed by atoms with van der Waals surface area (Å²) in [5, 5.41) is 17.6. The van der Waals surface area contributed by atoms with E-state index in [1.165, 1.54) is 0 Å². The van der Waals surface area contributed by atoms with E-state index in [1.807, 2.05) is 22.7 Å². The summed E-state index contributed by atoms with van der Waals surface area (Å²) >= 11 is 0. The number of anilines is 1. The average Bonchev–Trinajstić information content (AvgIpc) is 2.51. The van der Waals surface area contributed by atoms with E-state index in [-0.39, 0.29) is 13.2 Å². The fraction of sp³-hybridized carbons (Fsp3) is 0.625. The summed E-state index contributed by atoms with van der Waals surface area (Å²) in [6.07, 6.45) is 3.52. The Morgan fingerprint density at radius 1 is 1.38 bits per heavy atom. The molecule has 0 amide bonds. The second kappa shape index (κ2) is 4.84. The molecule has 0 aliphatic carbocycles. The Labute approximate surface area is 77.2 Å². The molecule has 1 aromatic rings. The lowest BCUT2D eigenvalue weighted by atomic mass is 10.5. The van der Waals surface area contributed by atoms with Gasteiger partial charge in [-0.1, -0.05) is 0 Å². The molecule has 0 atom stereocenters. The maximum absolute atomic E-state index is 8.79. The van der Waals surface area contributed by atoms with Crippen LogP contribution in [0.1, 0.15) is 0 Å². The Morgan fingerprint density at radius 3 is 2.38 bits per heavy atom. The van der Waals surface area contributed by atoms with Crippen LogP contribution < -0.4 is 4.90 Å². The molecule has 0 saturated heterocycles. The van der Waals surface area contributed by atoms with Crippen molar-refractivity contribution in [3.8, 4) is 0 Å². The van der Waals surface area contributed by atoms with Crippen molar-refractivity contribution in [1.82, 2.24) is 9.55 Å². The van der Waals surface area contributed by atoms with E-state index < -0.39 is 0 Å². The molecule has 0 fully saturated rings.